The maximum atomic E-state index is 6.34. The van der Waals surface area contributed by atoms with Crippen LogP contribution in [0.25, 0.3) is 10.9 Å². The van der Waals surface area contributed by atoms with E-state index >= 15 is 0 Å². The van der Waals surface area contributed by atoms with Gasteiger partial charge in [-0.2, -0.15) is 0 Å². The lowest BCUT2D eigenvalue weighted by molar-refractivity contribution is -0.0395. The first-order valence-corrected chi connectivity index (χ1v) is 9.48. The van der Waals surface area contributed by atoms with Crippen molar-refractivity contribution in [1.29, 1.82) is 0 Å². The molecule has 0 N–H and O–H groups in total. The van der Waals surface area contributed by atoms with Gasteiger partial charge in [0.2, 0.25) is 0 Å². The number of piperidine rings is 1. The molecule has 1 saturated carbocycles. The molecule has 4 nitrogen and oxygen atoms in total. The third-order valence-electron chi connectivity index (χ3n) is 5.26. The average molecular weight is 346 g/mol. The van der Waals surface area contributed by atoms with Crippen LogP contribution in [0.2, 0.25) is 5.02 Å². The molecule has 2 heterocycles. The van der Waals surface area contributed by atoms with Gasteiger partial charge >= 0.3 is 0 Å². The minimum absolute atomic E-state index is 0.409. The Bertz CT molecular complexity index is 694. The Labute approximate surface area is 148 Å². The lowest BCUT2D eigenvalue weighted by atomic mass is 9.97. The molecular weight excluding hydrogens is 322 g/mol. The van der Waals surface area contributed by atoms with Crippen molar-refractivity contribution in [3.63, 3.8) is 0 Å². The first-order chi connectivity index (χ1) is 11.8. The summed E-state index contributed by atoms with van der Waals surface area (Å²) in [6, 6.07) is 5.84. The van der Waals surface area contributed by atoms with Gasteiger partial charge in [-0.15, -0.1) is 0 Å². The van der Waals surface area contributed by atoms with Crippen molar-refractivity contribution in [2.24, 2.45) is 0 Å². The molecule has 1 aromatic carbocycles. The van der Waals surface area contributed by atoms with Crippen molar-refractivity contribution in [3.8, 4) is 0 Å². The van der Waals surface area contributed by atoms with E-state index in [1.54, 1.807) is 6.33 Å². The number of aromatic nitrogens is 2. The lowest BCUT2D eigenvalue weighted by Gasteiger charge is -2.35. The fourth-order valence-corrected chi connectivity index (χ4v) is 4.11. The minimum atomic E-state index is 0.409. The Morgan fingerprint density at radius 2 is 1.71 bits per heavy atom. The SMILES string of the molecule is Clc1ccc2c(N3CCC(OC4CCCCC4)CC3)ncnc2c1. The third kappa shape index (κ3) is 3.50. The van der Waals surface area contributed by atoms with Crippen LogP contribution in [0, 0.1) is 0 Å². The van der Waals surface area contributed by atoms with Gasteiger partial charge in [0.25, 0.3) is 0 Å². The average Bonchev–Trinajstić information content (AvgIpc) is 2.62. The molecule has 2 aromatic rings. The summed E-state index contributed by atoms with van der Waals surface area (Å²) < 4.78 is 6.34. The van der Waals surface area contributed by atoms with E-state index < -0.39 is 0 Å². The van der Waals surface area contributed by atoms with E-state index in [9.17, 15) is 0 Å². The quantitative estimate of drug-likeness (QED) is 0.814. The first kappa shape index (κ1) is 16.1. The van der Waals surface area contributed by atoms with E-state index in [2.05, 4.69) is 14.9 Å². The highest BCUT2D eigenvalue weighted by atomic mass is 35.5. The van der Waals surface area contributed by atoms with Crippen molar-refractivity contribution in [2.75, 3.05) is 18.0 Å². The highest BCUT2D eigenvalue weighted by Gasteiger charge is 2.25. The Balaban J connectivity index is 1.42. The van der Waals surface area contributed by atoms with Crippen LogP contribution in [-0.4, -0.2) is 35.3 Å². The number of hydrogen-bond acceptors (Lipinski definition) is 4. The number of halogens is 1. The predicted octanol–water partition coefficient (Wildman–Crippen LogP) is 4.60. The Morgan fingerprint density at radius 1 is 0.958 bits per heavy atom. The first-order valence-electron chi connectivity index (χ1n) is 9.10. The van der Waals surface area contributed by atoms with Crippen molar-refractivity contribution >= 4 is 28.3 Å². The van der Waals surface area contributed by atoms with Crippen LogP contribution in [0.15, 0.2) is 24.5 Å². The zero-order valence-corrected chi connectivity index (χ0v) is 14.7. The summed E-state index contributed by atoms with van der Waals surface area (Å²) in [6.07, 6.45) is 11.2. The van der Waals surface area contributed by atoms with Crippen LogP contribution < -0.4 is 4.90 Å². The summed E-state index contributed by atoms with van der Waals surface area (Å²) in [5.41, 5.74) is 0.910. The molecule has 2 aliphatic rings. The van der Waals surface area contributed by atoms with Gasteiger partial charge < -0.3 is 9.64 Å². The molecule has 0 unspecified atom stereocenters. The summed E-state index contributed by atoms with van der Waals surface area (Å²) in [4.78, 5) is 11.2. The van der Waals surface area contributed by atoms with Gasteiger partial charge in [0.1, 0.15) is 12.1 Å². The van der Waals surface area contributed by atoms with Crippen LogP contribution in [0.5, 0.6) is 0 Å². The van der Waals surface area contributed by atoms with Gasteiger partial charge in [-0.3, -0.25) is 0 Å². The highest BCUT2D eigenvalue weighted by molar-refractivity contribution is 6.31. The number of fused-ring (bicyclic) bond motifs is 1. The maximum Gasteiger partial charge on any atom is 0.139 e. The van der Waals surface area contributed by atoms with Crippen LogP contribution in [0.4, 0.5) is 5.82 Å². The smallest absolute Gasteiger partial charge is 0.139 e. The molecule has 1 aromatic heterocycles. The van der Waals surface area contributed by atoms with E-state index in [-0.39, 0.29) is 0 Å². The van der Waals surface area contributed by atoms with E-state index in [0.717, 1.165) is 42.7 Å². The summed E-state index contributed by atoms with van der Waals surface area (Å²) in [5, 5.41) is 1.79. The van der Waals surface area contributed by atoms with Crippen LogP contribution >= 0.6 is 11.6 Å². The molecule has 1 aliphatic carbocycles. The van der Waals surface area contributed by atoms with Gasteiger partial charge in [-0.1, -0.05) is 30.9 Å². The molecule has 24 heavy (non-hydrogen) atoms. The van der Waals surface area contributed by atoms with Crippen molar-refractivity contribution in [2.45, 2.75) is 57.2 Å². The maximum absolute atomic E-state index is 6.34. The molecule has 0 atom stereocenters. The van der Waals surface area contributed by atoms with Gasteiger partial charge in [0.05, 0.1) is 17.7 Å². The van der Waals surface area contributed by atoms with Crippen molar-refractivity contribution in [1.82, 2.24) is 9.97 Å². The van der Waals surface area contributed by atoms with Crippen molar-refractivity contribution < 1.29 is 4.74 Å². The zero-order chi connectivity index (χ0) is 16.4. The normalized spacial score (nSPS) is 20.6. The van der Waals surface area contributed by atoms with Gasteiger partial charge in [0.15, 0.2) is 0 Å². The molecule has 128 valence electrons. The van der Waals surface area contributed by atoms with Crippen molar-refractivity contribution in [3.05, 3.63) is 29.5 Å². The second-order valence-corrected chi connectivity index (χ2v) is 7.38. The minimum Gasteiger partial charge on any atom is -0.375 e. The van der Waals surface area contributed by atoms with E-state index in [1.165, 1.54) is 32.1 Å². The molecule has 0 radical (unpaired) electrons. The summed E-state index contributed by atoms with van der Waals surface area (Å²) in [6.45, 7) is 1.98. The molecule has 5 heteroatoms. The van der Waals surface area contributed by atoms with E-state index in [4.69, 9.17) is 16.3 Å². The largest absolute Gasteiger partial charge is 0.375 e. The molecule has 1 aliphatic heterocycles. The van der Waals surface area contributed by atoms with Gasteiger partial charge in [0, 0.05) is 23.5 Å². The highest BCUT2D eigenvalue weighted by Crippen LogP contribution is 2.29. The predicted molar refractivity (Wildman–Crippen MR) is 97.7 cm³/mol. The Hall–Kier alpha value is -1.39. The van der Waals surface area contributed by atoms with Gasteiger partial charge in [-0.25, -0.2) is 9.97 Å². The fraction of sp³-hybridized carbons (Fsp3) is 0.579. The number of hydrogen-bond donors (Lipinski definition) is 0. The Kier molecular flexibility index (Phi) is 4.86. The lowest BCUT2D eigenvalue weighted by Crippen LogP contribution is -2.39. The number of benzene rings is 1. The summed E-state index contributed by atoms with van der Waals surface area (Å²) in [7, 11) is 0. The van der Waals surface area contributed by atoms with Crippen LogP contribution in [-0.2, 0) is 4.74 Å². The molecule has 0 spiro atoms. The third-order valence-corrected chi connectivity index (χ3v) is 5.49. The second-order valence-electron chi connectivity index (χ2n) is 6.94. The van der Waals surface area contributed by atoms with E-state index in [1.807, 2.05) is 18.2 Å². The number of anilines is 1. The molecule has 0 bridgehead atoms. The standard InChI is InChI=1S/C19H24ClN3O/c20-14-6-7-17-18(12-14)21-13-22-19(17)23-10-8-16(9-11-23)24-15-4-2-1-3-5-15/h6-7,12-13,15-16H,1-5,8-11H2. The molecule has 2 fully saturated rings. The summed E-state index contributed by atoms with van der Waals surface area (Å²) in [5.74, 6) is 1.02. The molecular formula is C19H24ClN3O. The van der Waals surface area contributed by atoms with Gasteiger partial charge in [-0.05, 0) is 43.9 Å². The Morgan fingerprint density at radius 3 is 2.50 bits per heavy atom. The van der Waals surface area contributed by atoms with E-state index in [0.29, 0.717) is 17.2 Å². The molecule has 0 amide bonds. The number of rotatable bonds is 3. The zero-order valence-electron chi connectivity index (χ0n) is 14.0. The molecule has 4 rings (SSSR count). The number of nitrogens with zero attached hydrogens (tertiary/aromatic N) is 3. The van der Waals surface area contributed by atoms with Crippen LogP contribution in [0.1, 0.15) is 44.9 Å². The fourth-order valence-electron chi connectivity index (χ4n) is 3.95. The number of ether oxygens (including phenoxy) is 1. The topological polar surface area (TPSA) is 38.2 Å². The monoisotopic (exact) mass is 345 g/mol. The molecule has 1 saturated heterocycles. The van der Waals surface area contributed by atoms with Crippen LogP contribution in [0.3, 0.4) is 0 Å². The second kappa shape index (κ2) is 7.24. The summed E-state index contributed by atoms with van der Waals surface area (Å²) >= 11 is 6.08.